The van der Waals surface area contributed by atoms with Crippen LogP contribution in [0.1, 0.15) is 34.1 Å². The van der Waals surface area contributed by atoms with E-state index in [-0.39, 0.29) is 18.2 Å². The standard InChI is InChI=1S/C23H21ClO3S/c1-2-27-22(26)15-18-14-21(20(25)13-8-16-6-4-3-5-7-16)28-23(18)17-9-11-19(24)12-10-17/h3-7,9-12,14H,2,8,13,15H2,1H3. The molecule has 0 atom stereocenters. The fraction of sp³-hybridized carbons (Fsp3) is 0.217. The van der Waals surface area contributed by atoms with Crippen LogP contribution in [0.25, 0.3) is 10.4 Å². The molecule has 0 unspecified atom stereocenters. The highest BCUT2D eigenvalue weighted by atomic mass is 35.5. The monoisotopic (exact) mass is 412 g/mol. The van der Waals surface area contributed by atoms with Gasteiger partial charge in [-0.05, 0) is 48.2 Å². The molecular weight excluding hydrogens is 392 g/mol. The van der Waals surface area contributed by atoms with E-state index < -0.39 is 0 Å². The third kappa shape index (κ3) is 5.31. The van der Waals surface area contributed by atoms with Crippen LogP contribution in [-0.2, 0) is 22.4 Å². The summed E-state index contributed by atoms with van der Waals surface area (Å²) in [6, 6.07) is 19.2. The Morgan fingerprint density at radius 1 is 1.04 bits per heavy atom. The van der Waals surface area contributed by atoms with Gasteiger partial charge in [0.05, 0.1) is 17.9 Å². The summed E-state index contributed by atoms with van der Waals surface area (Å²) in [7, 11) is 0. The highest BCUT2D eigenvalue weighted by molar-refractivity contribution is 7.17. The third-order valence-corrected chi connectivity index (χ3v) is 5.83. The highest BCUT2D eigenvalue weighted by Crippen LogP contribution is 2.35. The van der Waals surface area contributed by atoms with E-state index in [1.807, 2.05) is 60.7 Å². The van der Waals surface area contributed by atoms with Crippen LogP contribution in [-0.4, -0.2) is 18.4 Å². The molecule has 1 aromatic heterocycles. The number of halogens is 1. The van der Waals surface area contributed by atoms with Gasteiger partial charge in [0.1, 0.15) is 0 Å². The molecule has 0 aliphatic rings. The summed E-state index contributed by atoms with van der Waals surface area (Å²) >= 11 is 7.42. The maximum atomic E-state index is 12.8. The zero-order valence-corrected chi connectivity index (χ0v) is 17.2. The van der Waals surface area contributed by atoms with Crippen molar-refractivity contribution in [3.63, 3.8) is 0 Å². The summed E-state index contributed by atoms with van der Waals surface area (Å²) in [4.78, 5) is 26.3. The number of aryl methyl sites for hydroxylation is 1. The van der Waals surface area contributed by atoms with E-state index in [0.29, 0.717) is 29.3 Å². The van der Waals surface area contributed by atoms with Crippen molar-refractivity contribution in [2.24, 2.45) is 0 Å². The summed E-state index contributed by atoms with van der Waals surface area (Å²) < 4.78 is 5.09. The first-order valence-electron chi connectivity index (χ1n) is 9.18. The van der Waals surface area contributed by atoms with E-state index in [0.717, 1.165) is 21.6 Å². The van der Waals surface area contributed by atoms with Crippen LogP contribution >= 0.6 is 22.9 Å². The average Bonchev–Trinajstić information content (AvgIpc) is 3.11. The molecule has 3 nitrogen and oxygen atoms in total. The Balaban J connectivity index is 1.83. The lowest BCUT2D eigenvalue weighted by atomic mass is 10.0. The molecule has 28 heavy (non-hydrogen) atoms. The van der Waals surface area contributed by atoms with Crippen LogP contribution in [0.3, 0.4) is 0 Å². The fourth-order valence-corrected chi connectivity index (χ4v) is 4.22. The Kier molecular flexibility index (Phi) is 7.01. The minimum absolute atomic E-state index is 0.0826. The number of esters is 1. The number of hydrogen-bond acceptors (Lipinski definition) is 4. The lowest BCUT2D eigenvalue weighted by Crippen LogP contribution is -2.07. The van der Waals surface area contributed by atoms with Gasteiger partial charge >= 0.3 is 5.97 Å². The topological polar surface area (TPSA) is 43.4 Å². The highest BCUT2D eigenvalue weighted by Gasteiger charge is 2.18. The molecule has 5 heteroatoms. The third-order valence-electron chi connectivity index (χ3n) is 4.31. The number of Topliss-reactive ketones (excluding diaryl/α,β-unsaturated/α-hetero) is 1. The van der Waals surface area contributed by atoms with Gasteiger partial charge in [0.25, 0.3) is 0 Å². The first-order chi connectivity index (χ1) is 13.6. The Morgan fingerprint density at radius 3 is 2.43 bits per heavy atom. The number of benzene rings is 2. The van der Waals surface area contributed by atoms with Gasteiger partial charge in [0.2, 0.25) is 0 Å². The van der Waals surface area contributed by atoms with Crippen molar-refractivity contribution in [1.82, 2.24) is 0 Å². The van der Waals surface area contributed by atoms with E-state index in [4.69, 9.17) is 16.3 Å². The molecule has 3 rings (SSSR count). The molecule has 144 valence electrons. The Bertz CT molecular complexity index is 946. The van der Waals surface area contributed by atoms with Crippen LogP contribution in [0.4, 0.5) is 0 Å². The summed E-state index contributed by atoms with van der Waals surface area (Å²) in [5, 5.41) is 0.645. The molecule has 3 aromatic rings. The predicted octanol–water partition coefficient (Wildman–Crippen LogP) is 5.99. The first kappa shape index (κ1) is 20.3. The van der Waals surface area contributed by atoms with Crippen LogP contribution in [0.2, 0.25) is 5.02 Å². The van der Waals surface area contributed by atoms with Crippen LogP contribution in [0, 0.1) is 0 Å². The molecule has 0 spiro atoms. The van der Waals surface area contributed by atoms with Gasteiger partial charge in [0, 0.05) is 16.3 Å². The molecule has 0 aliphatic heterocycles. The molecule has 0 saturated heterocycles. The Labute approximate surface area is 173 Å². The van der Waals surface area contributed by atoms with Crippen molar-refractivity contribution in [2.45, 2.75) is 26.2 Å². The molecule has 2 aromatic carbocycles. The second kappa shape index (κ2) is 9.67. The molecule has 0 bridgehead atoms. The first-order valence-corrected chi connectivity index (χ1v) is 10.4. The number of ether oxygens (including phenoxy) is 1. The van der Waals surface area contributed by atoms with Gasteiger partial charge in [0.15, 0.2) is 5.78 Å². The smallest absolute Gasteiger partial charge is 0.310 e. The van der Waals surface area contributed by atoms with E-state index in [2.05, 4.69) is 0 Å². The second-order valence-corrected chi connectivity index (χ2v) is 7.85. The van der Waals surface area contributed by atoms with Gasteiger partial charge in [-0.3, -0.25) is 9.59 Å². The van der Waals surface area contributed by atoms with E-state index in [9.17, 15) is 9.59 Å². The van der Waals surface area contributed by atoms with E-state index in [1.165, 1.54) is 11.3 Å². The fourth-order valence-electron chi connectivity index (χ4n) is 2.94. The number of rotatable bonds is 8. The number of hydrogen-bond donors (Lipinski definition) is 0. The normalized spacial score (nSPS) is 10.6. The van der Waals surface area contributed by atoms with Crippen molar-refractivity contribution < 1.29 is 14.3 Å². The van der Waals surface area contributed by atoms with Gasteiger partial charge in [-0.1, -0.05) is 54.1 Å². The van der Waals surface area contributed by atoms with E-state index in [1.54, 1.807) is 6.92 Å². The molecular formula is C23H21ClO3S. The van der Waals surface area contributed by atoms with Crippen LogP contribution < -0.4 is 0 Å². The van der Waals surface area contributed by atoms with Crippen LogP contribution in [0.15, 0.2) is 60.7 Å². The van der Waals surface area contributed by atoms with Gasteiger partial charge in [-0.15, -0.1) is 11.3 Å². The van der Waals surface area contributed by atoms with Gasteiger partial charge < -0.3 is 4.74 Å². The Hall–Kier alpha value is -2.43. The van der Waals surface area contributed by atoms with Gasteiger partial charge in [-0.2, -0.15) is 0 Å². The number of carbonyl (C=O) groups excluding carboxylic acids is 2. The lowest BCUT2D eigenvalue weighted by molar-refractivity contribution is -0.142. The molecule has 0 amide bonds. The zero-order valence-electron chi connectivity index (χ0n) is 15.6. The van der Waals surface area contributed by atoms with E-state index >= 15 is 0 Å². The van der Waals surface area contributed by atoms with Crippen LogP contribution in [0.5, 0.6) is 0 Å². The second-order valence-electron chi connectivity index (χ2n) is 6.36. The molecule has 0 N–H and O–H groups in total. The maximum absolute atomic E-state index is 12.8. The minimum Gasteiger partial charge on any atom is -0.466 e. The molecule has 0 aliphatic carbocycles. The molecule has 0 fully saturated rings. The molecule has 1 heterocycles. The quantitative estimate of drug-likeness (QED) is 0.337. The Morgan fingerprint density at radius 2 is 1.75 bits per heavy atom. The van der Waals surface area contributed by atoms with Crippen molar-refractivity contribution in [3.05, 3.63) is 81.7 Å². The number of thiophene rings is 1. The lowest BCUT2D eigenvalue weighted by Gasteiger charge is -2.04. The SMILES string of the molecule is CCOC(=O)Cc1cc(C(=O)CCc2ccccc2)sc1-c1ccc(Cl)cc1. The summed E-state index contributed by atoms with van der Waals surface area (Å²) in [6.07, 6.45) is 1.28. The number of carbonyl (C=O) groups is 2. The van der Waals surface area contributed by atoms with Crippen molar-refractivity contribution in [1.29, 1.82) is 0 Å². The van der Waals surface area contributed by atoms with Crippen molar-refractivity contribution in [2.75, 3.05) is 6.61 Å². The molecule has 0 radical (unpaired) electrons. The summed E-state index contributed by atoms with van der Waals surface area (Å²) in [5.41, 5.74) is 2.89. The van der Waals surface area contributed by atoms with Gasteiger partial charge in [-0.25, -0.2) is 0 Å². The zero-order chi connectivity index (χ0) is 19.9. The average molecular weight is 413 g/mol. The largest absolute Gasteiger partial charge is 0.466 e. The summed E-state index contributed by atoms with van der Waals surface area (Å²) in [5.74, 6) is -0.210. The van der Waals surface area contributed by atoms with Crippen molar-refractivity contribution >= 4 is 34.7 Å². The predicted molar refractivity (Wildman–Crippen MR) is 114 cm³/mol. The van der Waals surface area contributed by atoms with Crippen molar-refractivity contribution in [3.8, 4) is 10.4 Å². The minimum atomic E-state index is -0.293. The molecule has 0 saturated carbocycles. The maximum Gasteiger partial charge on any atom is 0.310 e. The number of ketones is 1. The summed E-state index contributed by atoms with van der Waals surface area (Å²) in [6.45, 7) is 2.12.